The maximum Gasteiger partial charge on any atom is 0.313 e. The number of hydrogen-bond donors (Lipinski definition) is 0. The quantitative estimate of drug-likeness (QED) is 0.698. The zero-order valence-electron chi connectivity index (χ0n) is 9.56. The Balaban J connectivity index is 2.78. The van der Waals surface area contributed by atoms with E-state index in [1.165, 1.54) is 7.11 Å². The van der Waals surface area contributed by atoms with Gasteiger partial charge in [-0.2, -0.15) is 5.10 Å². The molecule has 4 heteroatoms. The first-order valence-electron chi connectivity index (χ1n) is 5.33. The Morgan fingerprint density at radius 3 is 2.87 bits per heavy atom. The van der Waals surface area contributed by atoms with Gasteiger partial charge in [-0.15, -0.1) is 0 Å². The lowest BCUT2D eigenvalue weighted by Gasteiger charge is -2.09. The smallest absolute Gasteiger partial charge is 0.313 e. The van der Waals surface area contributed by atoms with Crippen molar-refractivity contribution in [3.8, 4) is 0 Å². The van der Waals surface area contributed by atoms with Crippen LogP contribution in [0, 0.1) is 0 Å². The summed E-state index contributed by atoms with van der Waals surface area (Å²) >= 11 is 0. The molecule has 1 aromatic rings. The molecule has 15 heavy (non-hydrogen) atoms. The molecule has 1 unspecified atom stereocenters. The van der Waals surface area contributed by atoms with Crippen molar-refractivity contribution in [1.82, 2.24) is 9.78 Å². The van der Waals surface area contributed by atoms with E-state index in [0.717, 1.165) is 24.9 Å². The summed E-state index contributed by atoms with van der Waals surface area (Å²) < 4.78 is 6.61. The summed E-state index contributed by atoms with van der Waals surface area (Å²) in [5.74, 6) is -0.367. The number of aromatic nitrogens is 2. The molecule has 0 spiro atoms. The normalized spacial score (nSPS) is 12.5. The topological polar surface area (TPSA) is 44.1 Å². The van der Waals surface area contributed by atoms with Crippen molar-refractivity contribution in [2.24, 2.45) is 0 Å². The number of carbonyl (C=O) groups is 1. The van der Waals surface area contributed by atoms with E-state index in [9.17, 15) is 4.79 Å². The summed E-state index contributed by atoms with van der Waals surface area (Å²) in [6.45, 7) is 4.95. The third kappa shape index (κ3) is 2.81. The predicted molar refractivity (Wildman–Crippen MR) is 57.6 cm³/mol. The summed E-state index contributed by atoms with van der Waals surface area (Å²) in [6, 6.07) is 0. The Morgan fingerprint density at radius 2 is 2.33 bits per heavy atom. The first-order chi connectivity index (χ1) is 7.22. The molecule has 1 atom stereocenters. The molecule has 0 aliphatic carbocycles. The Kier molecular flexibility index (Phi) is 4.34. The molecule has 1 heterocycles. The minimum Gasteiger partial charge on any atom is -0.469 e. The largest absolute Gasteiger partial charge is 0.469 e. The molecule has 0 aliphatic heterocycles. The average Bonchev–Trinajstić information content (AvgIpc) is 2.68. The molecule has 1 aromatic heterocycles. The molecule has 0 N–H and O–H groups in total. The number of rotatable bonds is 5. The van der Waals surface area contributed by atoms with Crippen LogP contribution in [0.1, 0.15) is 38.2 Å². The molecular formula is C11H18N2O2. The Morgan fingerprint density at radius 1 is 1.60 bits per heavy atom. The van der Waals surface area contributed by atoms with Gasteiger partial charge >= 0.3 is 5.97 Å². The number of methoxy groups -OCH3 is 1. The van der Waals surface area contributed by atoms with E-state index in [2.05, 4.69) is 12.0 Å². The van der Waals surface area contributed by atoms with Crippen molar-refractivity contribution in [3.05, 3.63) is 18.0 Å². The maximum atomic E-state index is 11.5. The van der Waals surface area contributed by atoms with Gasteiger partial charge in [-0.1, -0.05) is 13.8 Å². The van der Waals surface area contributed by atoms with Gasteiger partial charge in [0.2, 0.25) is 0 Å². The monoisotopic (exact) mass is 210 g/mol. The molecule has 0 fully saturated rings. The lowest BCUT2D eigenvalue weighted by Crippen LogP contribution is -2.12. The van der Waals surface area contributed by atoms with E-state index in [4.69, 9.17) is 4.74 Å². The van der Waals surface area contributed by atoms with Crippen LogP contribution < -0.4 is 0 Å². The van der Waals surface area contributed by atoms with Crippen molar-refractivity contribution in [2.75, 3.05) is 7.11 Å². The fourth-order valence-electron chi connectivity index (χ4n) is 1.59. The molecule has 0 radical (unpaired) electrons. The van der Waals surface area contributed by atoms with E-state index in [-0.39, 0.29) is 11.9 Å². The molecular weight excluding hydrogens is 192 g/mol. The Bertz CT molecular complexity index is 320. The third-order valence-corrected chi connectivity index (χ3v) is 2.40. The van der Waals surface area contributed by atoms with Crippen molar-refractivity contribution < 1.29 is 9.53 Å². The van der Waals surface area contributed by atoms with Gasteiger partial charge in [-0.25, -0.2) is 0 Å². The van der Waals surface area contributed by atoms with Gasteiger partial charge in [0.25, 0.3) is 0 Å². The van der Waals surface area contributed by atoms with Crippen LogP contribution in [0.15, 0.2) is 12.4 Å². The van der Waals surface area contributed by atoms with Gasteiger partial charge in [0.1, 0.15) is 0 Å². The Hall–Kier alpha value is -1.32. The van der Waals surface area contributed by atoms with Crippen LogP contribution in [0.4, 0.5) is 0 Å². The first-order valence-corrected chi connectivity index (χ1v) is 5.33. The van der Waals surface area contributed by atoms with Crippen LogP contribution in [0.5, 0.6) is 0 Å². The number of esters is 1. The standard InChI is InChI=1S/C11H18N2O2/c1-4-6-13-8-9(7-12-13)10(5-2)11(14)15-3/h7-8,10H,4-6H2,1-3H3. The molecule has 0 bridgehead atoms. The molecule has 0 amide bonds. The van der Waals surface area contributed by atoms with Crippen molar-refractivity contribution in [3.63, 3.8) is 0 Å². The van der Waals surface area contributed by atoms with Crippen LogP contribution in [0.2, 0.25) is 0 Å². The van der Waals surface area contributed by atoms with Crippen LogP contribution >= 0.6 is 0 Å². The number of carbonyl (C=O) groups excluding carboxylic acids is 1. The zero-order valence-corrected chi connectivity index (χ0v) is 9.56. The Labute approximate surface area is 90.2 Å². The number of aryl methyl sites for hydroxylation is 1. The second kappa shape index (κ2) is 5.53. The minimum atomic E-state index is -0.187. The fourth-order valence-corrected chi connectivity index (χ4v) is 1.59. The molecule has 84 valence electrons. The van der Waals surface area contributed by atoms with Gasteiger partial charge in [-0.3, -0.25) is 9.48 Å². The summed E-state index contributed by atoms with van der Waals surface area (Å²) in [4.78, 5) is 11.5. The molecule has 0 aliphatic rings. The SMILES string of the molecule is CCCn1cc(C(CC)C(=O)OC)cn1. The maximum absolute atomic E-state index is 11.5. The molecule has 1 rings (SSSR count). The summed E-state index contributed by atoms with van der Waals surface area (Å²) in [6.07, 6.45) is 5.45. The molecule has 0 saturated heterocycles. The minimum absolute atomic E-state index is 0.180. The molecule has 0 aromatic carbocycles. The summed E-state index contributed by atoms with van der Waals surface area (Å²) in [7, 11) is 1.42. The fraction of sp³-hybridized carbons (Fsp3) is 0.636. The second-order valence-electron chi connectivity index (χ2n) is 3.52. The molecule has 0 saturated carbocycles. The van der Waals surface area contributed by atoms with E-state index < -0.39 is 0 Å². The second-order valence-corrected chi connectivity index (χ2v) is 3.52. The van der Waals surface area contributed by atoms with E-state index in [0.29, 0.717) is 0 Å². The average molecular weight is 210 g/mol. The van der Waals surface area contributed by atoms with Gasteiger partial charge in [-0.05, 0) is 12.8 Å². The van der Waals surface area contributed by atoms with Crippen molar-refractivity contribution in [1.29, 1.82) is 0 Å². The highest BCUT2D eigenvalue weighted by atomic mass is 16.5. The highest BCUT2D eigenvalue weighted by Crippen LogP contribution is 2.20. The van der Waals surface area contributed by atoms with E-state index >= 15 is 0 Å². The number of hydrogen-bond acceptors (Lipinski definition) is 3. The van der Waals surface area contributed by atoms with Gasteiger partial charge < -0.3 is 4.74 Å². The van der Waals surface area contributed by atoms with E-state index in [1.54, 1.807) is 6.20 Å². The summed E-state index contributed by atoms with van der Waals surface area (Å²) in [5.41, 5.74) is 0.942. The van der Waals surface area contributed by atoms with Crippen LogP contribution in [0.25, 0.3) is 0 Å². The highest BCUT2D eigenvalue weighted by molar-refractivity contribution is 5.77. The third-order valence-electron chi connectivity index (χ3n) is 2.40. The predicted octanol–water partition coefficient (Wildman–Crippen LogP) is 1.96. The zero-order chi connectivity index (χ0) is 11.3. The summed E-state index contributed by atoms with van der Waals surface area (Å²) in [5, 5.41) is 4.20. The van der Waals surface area contributed by atoms with E-state index in [1.807, 2.05) is 17.8 Å². The van der Waals surface area contributed by atoms with Gasteiger partial charge in [0, 0.05) is 18.3 Å². The van der Waals surface area contributed by atoms with Crippen molar-refractivity contribution >= 4 is 5.97 Å². The highest BCUT2D eigenvalue weighted by Gasteiger charge is 2.20. The van der Waals surface area contributed by atoms with Crippen LogP contribution in [0.3, 0.4) is 0 Å². The van der Waals surface area contributed by atoms with Crippen LogP contribution in [-0.4, -0.2) is 22.9 Å². The van der Waals surface area contributed by atoms with Gasteiger partial charge in [0.15, 0.2) is 0 Å². The lowest BCUT2D eigenvalue weighted by molar-refractivity contribution is -0.142. The van der Waals surface area contributed by atoms with Crippen molar-refractivity contribution in [2.45, 2.75) is 39.2 Å². The first kappa shape index (κ1) is 11.8. The number of ether oxygens (including phenoxy) is 1. The number of nitrogens with zero attached hydrogens (tertiary/aromatic N) is 2. The molecule has 4 nitrogen and oxygen atoms in total. The van der Waals surface area contributed by atoms with Crippen LogP contribution in [-0.2, 0) is 16.1 Å². The van der Waals surface area contributed by atoms with Gasteiger partial charge in [0.05, 0.1) is 19.2 Å². The lowest BCUT2D eigenvalue weighted by atomic mass is 10.0.